The fraction of sp³-hybridized carbons (Fsp3) is 0.455. The molecule has 9 heteroatoms. The smallest absolute Gasteiger partial charge is 0.294 e. The number of carbonyl (C=O) groups is 3. The highest BCUT2D eigenvalue weighted by Crippen LogP contribution is 2.24. The van der Waals surface area contributed by atoms with Gasteiger partial charge in [-0.2, -0.15) is 4.39 Å². The number of aromatic nitrogens is 2. The van der Waals surface area contributed by atoms with Crippen LogP contribution in [0.2, 0.25) is 0 Å². The number of aliphatic hydroxyl groups excluding tert-OH is 1. The Bertz CT molecular complexity index is 1040. The van der Waals surface area contributed by atoms with Gasteiger partial charge in [0, 0.05) is 24.3 Å². The third-order valence-electron chi connectivity index (χ3n) is 5.88. The van der Waals surface area contributed by atoms with E-state index < -0.39 is 23.5 Å². The van der Waals surface area contributed by atoms with Gasteiger partial charge in [0.2, 0.25) is 5.95 Å². The molecule has 166 valence electrons. The largest absolute Gasteiger partial charge is 0.393 e. The molecule has 0 atom stereocenters. The molecule has 8 nitrogen and oxygen atoms in total. The van der Waals surface area contributed by atoms with Gasteiger partial charge in [-0.15, -0.1) is 0 Å². The van der Waals surface area contributed by atoms with Crippen LogP contribution in [0.4, 0.5) is 10.1 Å². The van der Waals surface area contributed by atoms with E-state index in [0.29, 0.717) is 48.2 Å². The van der Waals surface area contributed by atoms with Crippen molar-refractivity contribution in [3.05, 3.63) is 46.3 Å². The third kappa shape index (κ3) is 4.66. The molecule has 0 saturated heterocycles. The number of carbonyl (C=O) groups excluding carboxylic acids is 3. The quantitative estimate of drug-likeness (QED) is 0.383. The van der Waals surface area contributed by atoms with E-state index in [1.165, 1.54) is 16.8 Å². The summed E-state index contributed by atoms with van der Waals surface area (Å²) in [7, 11) is 1.63. The Balaban J connectivity index is 1.80. The summed E-state index contributed by atoms with van der Waals surface area (Å²) in [6, 6.07) is 1.31. The number of halogens is 1. The van der Waals surface area contributed by atoms with Gasteiger partial charge in [0.05, 0.1) is 29.2 Å². The lowest BCUT2D eigenvalue weighted by Gasteiger charge is -2.25. The molecule has 3 N–H and O–H groups in total. The molecule has 0 radical (unpaired) electrons. The van der Waals surface area contributed by atoms with Crippen LogP contribution in [-0.2, 0) is 11.8 Å². The SMILES string of the molecule is Cc1cc(NC(=O)c2c(C)c(C(=O)C(=O)NC3CCC(O)CC3)n(C)c2C)cnc1F. The van der Waals surface area contributed by atoms with Crippen LogP contribution in [-0.4, -0.2) is 44.4 Å². The third-order valence-corrected chi connectivity index (χ3v) is 5.88. The van der Waals surface area contributed by atoms with Gasteiger partial charge in [0.15, 0.2) is 0 Å². The lowest BCUT2D eigenvalue weighted by atomic mass is 9.93. The summed E-state index contributed by atoms with van der Waals surface area (Å²) >= 11 is 0. The Hall–Kier alpha value is -3.07. The van der Waals surface area contributed by atoms with Crippen molar-refractivity contribution in [1.82, 2.24) is 14.9 Å². The molecule has 2 heterocycles. The number of anilines is 1. The molecule has 2 aromatic rings. The number of Topliss-reactive ketones (excluding diaryl/α,β-unsaturated/α-hetero) is 1. The molecular formula is C22H27FN4O4. The van der Waals surface area contributed by atoms with Crippen LogP contribution < -0.4 is 10.6 Å². The van der Waals surface area contributed by atoms with Crippen molar-refractivity contribution in [2.75, 3.05) is 5.32 Å². The van der Waals surface area contributed by atoms with Crippen LogP contribution in [0.25, 0.3) is 0 Å². The summed E-state index contributed by atoms with van der Waals surface area (Å²) in [6.07, 6.45) is 3.26. The highest BCUT2D eigenvalue weighted by atomic mass is 19.1. The molecule has 0 spiro atoms. The molecule has 1 fully saturated rings. The normalized spacial score (nSPS) is 18.5. The summed E-state index contributed by atoms with van der Waals surface area (Å²) in [4.78, 5) is 41.9. The average molecular weight is 430 g/mol. The minimum atomic E-state index is -0.726. The Labute approximate surface area is 179 Å². The van der Waals surface area contributed by atoms with Crippen molar-refractivity contribution in [3.8, 4) is 0 Å². The van der Waals surface area contributed by atoms with Gasteiger partial charge in [0.1, 0.15) is 0 Å². The fourth-order valence-corrected chi connectivity index (χ4v) is 4.03. The van der Waals surface area contributed by atoms with Crippen molar-refractivity contribution in [1.29, 1.82) is 0 Å². The molecule has 3 rings (SSSR count). The van der Waals surface area contributed by atoms with Gasteiger partial charge in [-0.1, -0.05) is 0 Å². The van der Waals surface area contributed by atoms with Crippen molar-refractivity contribution in [3.63, 3.8) is 0 Å². The molecular weight excluding hydrogens is 403 g/mol. The first-order chi connectivity index (χ1) is 14.6. The van der Waals surface area contributed by atoms with Crippen LogP contribution in [0.3, 0.4) is 0 Å². The molecule has 1 saturated carbocycles. The zero-order chi connectivity index (χ0) is 22.9. The number of hydrogen-bond donors (Lipinski definition) is 3. The maximum absolute atomic E-state index is 13.4. The second kappa shape index (κ2) is 8.97. The number of rotatable bonds is 5. The van der Waals surface area contributed by atoms with Crippen molar-refractivity contribution >= 4 is 23.3 Å². The minimum absolute atomic E-state index is 0.143. The summed E-state index contributed by atoms with van der Waals surface area (Å²) in [5.74, 6) is -2.53. The van der Waals surface area contributed by atoms with Crippen LogP contribution in [0.15, 0.2) is 12.3 Å². The number of ketones is 1. The number of aryl methyl sites for hydroxylation is 1. The minimum Gasteiger partial charge on any atom is -0.393 e. The van der Waals surface area contributed by atoms with E-state index in [2.05, 4.69) is 15.6 Å². The Morgan fingerprint density at radius 2 is 1.81 bits per heavy atom. The van der Waals surface area contributed by atoms with Gasteiger partial charge >= 0.3 is 0 Å². The topological polar surface area (TPSA) is 113 Å². The molecule has 0 aromatic carbocycles. The second-order valence-corrected chi connectivity index (χ2v) is 8.09. The summed E-state index contributed by atoms with van der Waals surface area (Å²) in [5, 5.41) is 15.0. The van der Waals surface area contributed by atoms with Gasteiger partial charge < -0.3 is 20.3 Å². The van der Waals surface area contributed by atoms with E-state index >= 15 is 0 Å². The van der Waals surface area contributed by atoms with Gasteiger partial charge in [-0.3, -0.25) is 14.4 Å². The first-order valence-corrected chi connectivity index (χ1v) is 10.2. The number of nitrogens with zero attached hydrogens (tertiary/aromatic N) is 2. The molecule has 0 aliphatic heterocycles. The molecule has 2 amide bonds. The highest BCUT2D eigenvalue weighted by Gasteiger charge is 2.30. The maximum atomic E-state index is 13.4. The average Bonchev–Trinajstić information content (AvgIpc) is 2.94. The first-order valence-electron chi connectivity index (χ1n) is 10.2. The summed E-state index contributed by atoms with van der Waals surface area (Å²) in [5.41, 5.74) is 1.96. The van der Waals surface area contributed by atoms with Crippen LogP contribution >= 0.6 is 0 Å². The molecule has 1 aliphatic rings. The van der Waals surface area contributed by atoms with E-state index in [1.54, 1.807) is 27.8 Å². The Morgan fingerprint density at radius 3 is 2.42 bits per heavy atom. The van der Waals surface area contributed by atoms with E-state index in [1.807, 2.05) is 0 Å². The Morgan fingerprint density at radius 1 is 1.16 bits per heavy atom. The van der Waals surface area contributed by atoms with Crippen molar-refractivity contribution < 1.29 is 23.9 Å². The first kappa shape index (κ1) is 22.6. The van der Waals surface area contributed by atoms with Gasteiger partial charge in [0.25, 0.3) is 17.6 Å². The summed E-state index contributed by atoms with van der Waals surface area (Å²) < 4.78 is 14.9. The van der Waals surface area contributed by atoms with E-state index in [-0.39, 0.29) is 23.4 Å². The number of nitrogens with one attached hydrogen (secondary N) is 2. The lowest BCUT2D eigenvalue weighted by molar-refractivity contribution is -0.118. The zero-order valence-corrected chi connectivity index (χ0v) is 18.1. The number of hydrogen-bond acceptors (Lipinski definition) is 5. The van der Waals surface area contributed by atoms with E-state index in [0.717, 1.165) is 0 Å². The van der Waals surface area contributed by atoms with E-state index in [9.17, 15) is 23.9 Å². The zero-order valence-electron chi connectivity index (χ0n) is 18.1. The number of aliphatic hydroxyl groups is 1. The monoisotopic (exact) mass is 430 g/mol. The fourth-order valence-electron chi connectivity index (χ4n) is 4.03. The number of pyridine rings is 1. The molecule has 0 unspecified atom stereocenters. The van der Waals surface area contributed by atoms with Gasteiger partial charge in [-0.05, 0) is 58.1 Å². The molecule has 0 bridgehead atoms. The molecule has 2 aromatic heterocycles. The predicted octanol–water partition coefficient (Wildman–Crippen LogP) is 2.34. The number of amides is 2. The standard InChI is InChI=1S/C22H27FN4O4/c1-11-9-15(10-24-20(11)23)26-21(30)17-12(2)18(27(4)13(17)3)19(29)22(31)25-14-5-7-16(28)8-6-14/h9-10,14,16,28H,5-8H2,1-4H3,(H,25,31)(H,26,30). The van der Waals surface area contributed by atoms with Crippen LogP contribution in [0.5, 0.6) is 0 Å². The lowest BCUT2D eigenvalue weighted by Crippen LogP contribution is -2.42. The molecule has 1 aliphatic carbocycles. The van der Waals surface area contributed by atoms with Crippen LogP contribution in [0.1, 0.15) is 63.4 Å². The van der Waals surface area contributed by atoms with Crippen LogP contribution in [0, 0.1) is 26.7 Å². The van der Waals surface area contributed by atoms with Gasteiger partial charge in [-0.25, -0.2) is 4.98 Å². The van der Waals surface area contributed by atoms with Crippen molar-refractivity contribution in [2.24, 2.45) is 7.05 Å². The summed E-state index contributed by atoms with van der Waals surface area (Å²) in [6.45, 7) is 4.85. The predicted molar refractivity (Wildman–Crippen MR) is 113 cm³/mol. The second-order valence-electron chi connectivity index (χ2n) is 8.09. The van der Waals surface area contributed by atoms with Crippen molar-refractivity contribution in [2.45, 2.75) is 58.6 Å². The van der Waals surface area contributed by atoms with E-state index in [4.69, 9.17) is 0 Å². The maximum Gasteiger partial charge on any atom is 0.294 e. The molecule has 31 heavy (non-hydrogen) atoms. The Kier molecular flexibility index (Phi) is 6.54. The highest BCUT2D eigenvalue weighted by molar-refractivity contribution is 6.43.